The van der Waals surface area contributed by atoms with Gasteiger partial charge in [-0.2, -0.15) is 0 Å². The van der Waals surface area contributed by atoms with E-state index in [-0.39, 0.29) is 16.7 Å². The zero-order chi connectivity index (χ0) is 27.1. The fraction of sp³-hybridized carbons (Fsp3) is 0.214. The highest BCUT2D eigenvalue weighted by atomic mass is 16.7. The predicted octanol–water partition coefficient (Wildman–Crippen LogP) is 2.55. The van der Waals surface area contributed by atoms with E-state index >= 15 is 0 Å². The second-order valence-electron chi connectivity index (χ2n) is 8.24. The van der Waals surface area contributed by atoms with Crippen LogP contribution in [0.4, 0.5) is 0 Å². The second-order valence-corrected chi connectivity index (χ2v) is 8.24. The minimum atomic E-state index is -2.87. The van der Waals surface area contributed by atoms with Crippen molar-refractivity contribution in [1.82, 2.24) is 0 Å². The molecule has 1 saturated heterocycles. The number of rotatable bonds is 8. The van der Waals surface area contributed by atoms with Crippen LogP contribution in [0.1, 0.15) is 31.1 Å². The molecule has 0 bridgehead atoms. The number of carbonyl (C=O) groups is 4. The summed E-state index contributed by atoms with van der Waals surface area (Å²) in [5.74, 6) is -6.68. The average Bonchev–Trinajstić information content (AvgIpc) is 3.23. The Hall–Kier alpha value is -4.54. The first-order valence-electron chi connectivity index (χ1n) is 11.6. The molecule has 196 valence electrons. The van der Waals surface area contributed by atoms with Gasteiger partial charge in [-0.1, -0.05) is 54.6 Å². The highest BCUT2D eigenvalue weighted by Gasteiger charge is 2.64. The number of hydrogen-bond donors (Lipinski definition) is 1. The summed E-state index contributed by atoms with van der Waals surface area (Å²) in [6.07, 6.45) is -4.84. The van der Waals surface area contributed by atoms with Crippen molar-refractivity contribution in [1.29, 1.82) is 0 Å². The predicted molar refractivity (Wildman–Crippen MR) is 130 cm³/mol. The zero-order valence-corrected chi connectivity index (χ0v) is 20.2. The third-order valence-electron chi connectivity index (χ3n) is 5.74. The van der Waals surface area contributed by atoms with Crippen molar-refractivity contribution in [3.05, 3.63) is 108 Å². The van der Waals surface area contributed by atoms with E-state index in [1.807, 2.05) is 0 Å². The third kappa shape index (κ3) is 5.72. The van der Waals surface area contributed by atoms with Crippen molar-refractivity contribution in [3.63, 3.8) is 0 Å². The van der Waals surface area contributed by atoms with Crippen LogP contribution in [0, 0.1) is 0 Å². The summed E-state index contributed by atoms with van der Waals surface area (Å²) in [5, 5.41) is 11.2. The second kappa shape index (κ2) is 11.7. The van der Waals surface area contributed by atoms with Gasteiger partial charge in [0, 0.05) is 0 Å². The van der Waals surface area contributed by atoms with Gasteiger partial charge in [0.2, 0.25) is 6.10 Å². The summed E-state index contributed by atoms with van der Waals surface area (Å²) >= 11 is 0. The molecule has 38 heavy (non-hydrogen) atoms. The molecule has 3 aromatic rings. The number of carbonyl (C=O) groups excluding carboxylic acids is 4. The van der Waals surface area contributed by atoms with Crippen molar-refractivity contribution in [3.8, 4) is 0 Å². The Morgan fingerprint density at radius 2 is 1.18 bits per heavy atom. The Labute approximate surface area is 217 Å². The van der Waals surface area contributed by atoms with Crippen LogP contribution in [0.2, 0.25) is 0 Å². The average molecular weight is 520 g/mol. The molecule has 1 heterocycles. The number of aliphatic hydroxyl groups is 1. The molecule has 10 heteroatoms. The smallest absolute Gasteiger partial charge is 0.370 e. The molecule has 1 N–H and O–H groups in total. The highest BCUT2D eigenvalue weighted by Crippen LogP contribution is 2.36. The van der Waals surface area contributed by atoms with Gasteiger partial charge in [0.1, 0.15) is 12.7 Å². The van der Waals surface area contributed by atoms with E-state index in [0.717, 1.165) is 7.11 Å². The monoisotopic (exact) mass is 520 g/mol. The van der Waals surface area contributed by atoms with Gasteiger partial charge < -0.3 is 28.8 Å². The van der Waals surface area contributed by atoms with Crippen LogP contribution in [-0.2, 0) is 28.5 Å². The van der Waals surface area contributed by atoms with E-state index in [0.29, 0.717) is 0 Å². The van der Waals surface area contributed by atoms with Crippen LogP contribution in [0.25, 0.3) is 0 Å². The Kier molecular flexibility index (Phi) is 8.15. The summed E-state index contributed by atoms with van der Waals surface area (Å²) in [6, 6.07) is 23.7. The lowest BCUT2D eigenvalue weighted by Gasteiger charge is -2.27. The molecule has 10 nitrogen and oxygen atoms in total. The van der Waals surface area contributed by atoms with Gasteiger partial charge >= 0.3 is 29.7 Å². The Bertz CT molecular complexity index is 1280. The van der Waals surface area contributed by atoms with Crippen LogP contribution >= 0.6 is 0 Å². The molecular weight excluding hydrogens is 496 g/mol. The molecule has 1 aliphatic rings. The van der Waals surface area contributed by atoms with E-state index in [1.165, 1.54) is 36.4 Å². The first-order chi connectivity index (χ1) is 18.3. The van der Waals surface area contributed by atoms with Crippen LogP contribution in [0.3, 0.4) is 0 Å². The fourth-order valence-corrected chi connectivity index (χ4v) is 3.85. The Morgan fingerprint density at radius 1 is 0.737 bits per heavy atom. The maximum atomic E-state index is 12.9. The van der Waals surface area contributed by atoms with E-state index < -0.39 is 54.6 Å². The van der Waals surface area contributed by atoms with E-state index in [2.05, 4.69) is 4.74 Å². The summed E-state index contributed by atoms with van der Waals surface area (Å²) in [4.78, 5) is 51.0. The SMILES string of the molecule is COC(=O)[C@]1(O)O[C@H](COC(=O)c2ccccc2)[C@@H](OC(=O)c2ccccc2)[C@H]1OC(=O)c1ccccc1. The molecule has 4 rings (SSSR count). The first-order valence-corrected chi connectivity index (χ1v) is 11.6. The Balaban J connectivity index is 1.65. The van der Waals surface area contributed by atoms with Gasteiger partial charge in [-0.15, -0.1) is 0 Å². The van der Waals surface area contributed by atoms with Crippen LogP contribution < -0.4 is 0 Å². The number of benzene rings is 3. The van der Waals surface area contributed by atoms with Gasteiger partial charge in [-0.25, -0.2) is 19.2 Å². The van der Waals surface area contributed by atoms with Crippen LogP contribution in [0.5, 0.6) is 0 Å². The normalized spacial score (nSPS) is 22.2. The van der Waals surface area contributed by atoms with Crippen molar-refractivity contribution < 1.29 is 48.0 Å². The van der Waals surface area contributed by atoms with Gasteiger partial charge in [0.25, 0.3) is 0 Å². The molecule has 1 fully saturated rings. The third-order valence-corrected chi connectivity index (χ3v) is 5.74. The summed E-state index contributed by atoms with van der Waals surface area (Å²) < 4.78 is 26.6. The summed E-state index contributed by atoms with van der Waals surface area (Å²) in [7, 11) is 0.994. The minimum Gasteiger partial charge on any atom is -0.465 e. The van der Waals surface area contributed by atoms with Gasteiger partial charge in [0.15, 0.2) is 6.10 Å². The van der Waals surface area contributed by atoms with E-state index in [9.17, 15) is 24.3 Å². The highest BCUT2D eigenvalue weighted by molar-refractivity contribution is 5.91. The number of hydrogen-bond acceptors (Lipinski definition) is 10. The Morgan fingerprint density at radius 3 is 1.66 bits per heavy atom. The van der Waals surface area contributed by atoms with Crippen molar-refractivity contribution in [2.75, 3.05) is 13.7 Å². The molecule has 1 aliphatic heterocycles. The molecule has 4 atom stereocenters. The molecule has 0 saturated carbocycles. The molecule has 0 unspecified atom stereocenters. The maximum absolute atomic E-state index is 12.9. The molecule has 3 aromatic carbocycles. The molecule has 0 amide bonds. The van der Waals surface area contributed by atoms with E-state index in [1.54, 1.807) is 54.6 Å². The van der Waals surface area contributed by atoms with E-state index in [4.69, 9.17) is 18.9 Å². The summed E-state index contributed by atoms with van der Waals surface area (Å²) in [6.45, 7) is -0.556. The molecular formula is C28H24O10. The molecule has 0 aliphatic carbocycles. The summed E-state index contributed by atoms with van der Waals surface area (Å²) in [5.41, 5.74) is 0.486. The van der Waals surface area contributed by atoms with Gasteiger partial charge in [-0.3, -0.25) is 0 Å². The number of methoxy groups -OCH3 is 1. The molecule has 0 radical (unpaired) electrons. The number of esters is 4. The lowest BCUT2D eigenvalue weighted by molar-refractivity contribution is -0.241. The van der Waals surface area contributed by atoms with Crippen molar-refractivity contribution in [2.45, 2.75) is 24.1 Å². The molecule has 0 spiro atoms. The quantitative estimate of drug-likeness (QED) is 0.349. The van der Waals surface area contributed by atoms with Crippen molar-refractivity contribution in [2.24, 2.45) is 0 Å². The molecule has 0 aromatic heterocycles. The lowest BCUT2D eigenvalue weighted by Crippen LogP contribution is -2.53. The maximum Gasteiger partial charge on any atom is 0.370 e. The minimum absolute atomic E-state index is 0.104. The largest absolute Gasteiger partial charge is 0.465 e. The van der Waals surface area contributed by atoms with Gasteiger partial charge in [-0.05, 0) is 36.4 Å². The first kappa shape index (κ1) is 26.5. The van der Waals surface area contributed by atoms with Gasteiger partial charge in [0.05, 0.1) is 23.8 Å². The van der Waals surface area contributed by atoms with Crippen molar-refractivity contribution >= 4 is 23.9 Å². The zero-order valence-electron chi connectivity index (χ0n) is 20.2. The standard InChI is InChI=1S/C28H24O10/c1-34-27(32)28(33)23(37-26(31)20-15-9-4-10-16-20)22(36-25(30)19-13-7-3-8-14-19)21(38-28)17-35-24(29)18-11-5-2-6-12-18/h2-16,21-23,33H,17H2,1H3/t21-,22-,23-,28-/m1/s1. The lowest BCUT2D eigenvalue weighted by atomic mass is 10.0. The topological polar surface area (TPSA) is 135 Å². The van der Waals surface area contributed by atoms with Crippen LogP contribution in [-0.4, -0.2) is 66.8 Å². The van der Waals surface area contributed by atoms with Crippen LogP contribution in [0.15, 0.2) is 91.0 Å². The fourth-order valence-electron chi connectivity index (χ4n) is 3.85. The number of ether oxygens (including phenoxy) is 5.